The van der Waals surface area contributed by atoms with Crippen molar-refractivity contribution in [3.05, 3.63) is 36.1 Å². The van der Waals surface area contributed by atoms with Gasteiger partial charge in [0, 0.05) is 45.2 Å². The van der Waals surface area contributed by atoms with Crippen LogP contribution in [0, 0.1) is 5.41 Å². The maximum Gasteiger partial charge on any atom is 0.191 e. The number of hydrogen-bond acceptors (Lipinski definition) is 3. The second kappa shape index (κ2) is 10.9. The third kappa shape index (κ3) is 6.10. The molecule has 1 heterocycles. The molecular weight excluding hydrogens is 453 g/mol. The number of methoxy groups -OCH3 is 1. The van der Waals surface area contributed by atoms with Crippen molar-refractivity contribution in [1.29, 1.82) is 0 Å². The van der Waals surface area contributed by atoms with Crippen LogP contribution in [0.4, 0.5) is 0 Å². The minimum atomic E-state index is 0. The number of fused-ring (bicyclic) bond motifs is 1. The van der Waals surface area contributed by atoms with Gasteiger partial charge in [-0.25, -0.2) is 0 Å². The van der Waals surface area contributed by atoms with Crippen LogP contribution in [-0.2, 0) is 11.2 Å². The molecule has 5 nitrogen and oxygen atoms in total. The summed E-state index contributed by atoms with van der Waals surface area (Å²) in [6.07, 6.45) is 5.78. The number of guanidine groups is 1. The first-order valence-corrected chi connectivity index (χ1v) is 9.73. The van der Waals surface area contributed by atoms with E-state index in [1.807, 2.05) is 18.2 Å². The predicted octanol–water partition coefficient (Wildman–Crippen LogP) is 4.36. The van der Waals surface area contributed by atoms with Crippen LogP contribution in [0.3, 0.4) is 0 Å². The van der Waals surface area contributed by atoms with E-state index in [0.29, 0.717) is 5.41 Å². The largest absolute Gasteiger partial charge is 0.461 e. The normalized spacial score (nSPS) is 15.9. The number of rotatable bonds is 9. The first kappa shape index (κ1) is 22.0. The van der Waals surface area contributed by atoms with Crippen molar-refractivity contribution in [2.24, 2.45) is 10.4 Å². The van der Waals surface area contributed by atoms with Crippen molar-refractivity contribution in [3.8, 4) is 0 Å². The zero-order valence-electron chi connectivity index (χ0n) is 16.4. The molecule has 2 N–H and O–H groups in total. The van der Waals surface area contributed by atoms with Gasteiger partial charge in [-0.3, -0.25) is 4.99 Å². The standard InChI is InChI=1S/C21H31N3O2.HI/c1-3-22-20(24-16-21(10-6-11-21)12-14-25-2)23-13-9-18-15-17-7-4-5-8-19(17)26-18;/h4-5,7-8,15H,3,6,9-14,16H2,1-2H3,(H2,22,23,24);1H. The number of hydrogen-bond donors (Lipinski definition) is 2. The molecule has 0 saturated heterocycles. The molecule has 1 aliphatic carbocycles. The first-order chi connectivity index (χ1) is 12.7. The Morgan fingerprint density at radius 2 is 2.07 bits per heavy atom. The van der Waals surface area contributed by atoms with E-state index >= 15 is 0 Å². The molecule has 0 aliphatic heterocycles. The highest BCUT2D eigenvalue weighted by Crippen LogP contribution is 2.44. The van der Waals surface area contributed by atoms with Gasteiger partial charge in [0.15, 0.2) is 5.96 Å². The summed E-state index contributed by atoms with van der Waals surface area (Å²) in [5.74, 6) is 1.90. The molecule has 0 unspecified atom stereocenters. The van der Waals surface area contributed by atoms with Gasteiger partial charge < -0.3 is 19.8 Å². The summed E-state index contributed by atoms with van der Waals surface area (Å²) < 4.78 is 11.2. The van der Waals surface area contributed by atoms with E-state index in [4.69, 9.17) is 14.1 Å². The van der Waals surface area contributed by atoms with Crippen LogP contribution in [0.25, 0.3) is 11.0 Å². The highest BCUT2D eigenvalue weighted by Gasteiger charge is 2.36. The van der Waals surface area contributed by atoms with Crippen molar-refractivity contribution >= 4 is 40.9 Å². The van der Waals surface area contributed by atoms with Crippen molar-refractivity contribution in [2.45, 2.75) is 39.0 Å². The number of ether oxygens (including phenoxy) is 1. The lowest BCUT2D eigenvalue weighted by Gasteiger charge is -2.40. The third-order valence-corrected chi connectivity index (χ3v) is 5.31. The summed E-state index contributed by atoms with van der Waals surface area (Å²) in [6, 6.07) is 10.3. The van der Waals surface area contributed by atoms with Crippen molar-refractivity contribution in [1.82, 2.24) is 10.6 Å². The van der Waals surface area contributed by atoms with Crippen LogP contribution < -0.4 is 10.6 Å². The molecule has 1 aromatic carbocycles. The molecule has 6 heteroatoms. The van der Waals surface area contributed by atoms with Gasteiger partial charge in [-0.15, -0.1) is 24.0 Å². The van der Waals surface area contributed by atoms with Gasteiger partial charge in [-0.2, -0.15) is 0 Å². The van der Waals surface area contributed by atoms with E-state index in [2.05, 4.69) is 29.7 Å². The molecule has 27 heavy (non-hydrogen) atoms. The van der Waals surface area contributed by atoms with E-state index in [9.17, 15) is 0 Å². The lowest BCUT2D eigenvalue weighted by Crippen LogP contribution is -2.41. The molecule has 3 rings (SSSR count). The second-order valence-corrected chi connectivity index (χ2v) is 7.22. The summed E-state index contributed by atoms with van der Waals surface area (Å²) in [7, 11) is 1.78. The molecule has 2 aromatic rings. The van der Waals surface area contributed by atoms with Gasteiger partial charge in [-0.1, -0.05) is 24.6 Å². The van der Waals surface area contributed by atoms with Crippen LogP contribution in [0.5, 0.6) is 0 Å². The molecule has 0 radical (unpaired) electrons. The quantitative estimate of drug-likeness (QED) is 0.315. The molecule has 1 saturated carbocycles. The van der Waals surface area contributed by atoms with Gasteiger partial charge in [-0.05, 0) is 43.7 Å². The molecule has 0 amide bonds. The maximum absolute atomic E-state index is 5.88. The van der Waals surface area contributed by atoms with Gasteiger partial charge >= 0.3 is 0 Å². The van der Waals surface area contributed by atoms with Crippen LogP contribution in [0.15, 0.2) is 39.7 Å². The third-order valence-electron chi connectivity index (χ3n) is 5.31. The number of nitrogens with one attached hydrogen (secondary N) is 2. The monoisotopic (exact) mass is 485 g/mol. The minimum Gasteiger partial charge on any atom is -0.461 e. The van der Waals surface area contributed by atoms with E-state index in [0.717, 1.165) is 61.8 Å². The summed E-state index contributed by atoms with van der Waals surface area (Å²) in [6.45, 7) is 5.46. The number of furan rings is 1. The van der Waals surface area contributed by atoms with Crippen LogP contribution in [0.1, 0.15) is 38.4 Å². The first-order valence-electron chi connectivity index (χ1n) is 9.73. The molecule has 150 valence electrons. The molecule has 1 fully saturated rings. The highest BCUT2D eigenvalue weighted by molar-refractivity contribution is 14.0. The number of benzene rings is 1. The van der Waals surface area contributed by atoms with E-state index in [1.165, 1.54) is 19.3 Å². The Morgan fingerprint density at radius 1 is 1.26 bits per heavy atom. The Kier molecular flexibility index (Phi) is 8.89. The second-order valence-electron chi connectivity index (χ2n) is 7.22. The highest BCUT2D eigenvalue weighted by atomic mass is 127. The zero-order valence-corrected chi connectivity index (χ0v) is 18.8. The number of nitrogens with zero attached hydrogens (tertiary/aromatic N) is 1. The van der Waals surface area contributed by atoms with Crippen LogP contribution in [-0.4, -0.2) is 39.3 Å². The van der Waals surface area contributed by atoms with Crippen LogP contribution in [0.2, 0.25) is 0 Å². The van der Waals surface area contributed by atoms with Gasteiger partial charge in [0.2, 0.25) is 0 Å². The van der Waals surface area contributed by atoms with Crippen molar-refractivity contribution in [3.63, 3.8) is 0 Å². The average Bonchev–Trinajstić information content (AvgIpc) is 3.03. The van der Waals surface area contributed by atoms with E-state index < -0.39 is 0 Å². The lowest BCUT2D eigenvalue weighted by molar-refractivity contribution is 0.0778. The lowest BCUT2D eigenvalue weighted by atomic mass is 9.67. The summed E-state index contributed by atoms with van der Waals surface area (Å²) in [5.41, 5.74) is 1.30. The molecule has 1 aromatic heterocycles. The Balaban J connectivity index is 0.00000261. The Bertz CT molecular complexity index is 692. The van der Waals surface area contributed by atoms with Crippen LogP contribution >= 0.6 is 24.0 Å². The van der Waals surface area contributed by atoms with Crippen molar-refractivity contribution in [2.75, 3.05) is 33.4 Å². The number of para-hydroxylation sites is 1. The topological polar surface area (TPSA) is 58.8 Å². The SMILES string of the molecule is CCNC(=NCC1(CCOC)CCC1)NCCc1cc2ccccc2o1.I. The van der Waals surface area contributed by atoms with E-state index in [-0.39, 0.29) is 24.0 Å². The Morgan fingerprint density at radius 3 is 2.74 bits per heavy atom. The smallest absolute Gasteiger partial charge is 0.191 e. The molecule has 0 spiro atoms. The molecular formula is C21H32IN3O2. The zero-order chi connectivity index (χ0) is 18.2. The van der Waals surface area contributed by atoms with Gasteiger partial charge in [0.05, 0.1) is 0 Å². The van der Waals surface area contributed by atoms with Crippen molar-refractivity contribution < 1.29 is 9.15 Å². The minimum absolute atomic E-state index is 0. The van der Waals surface area contributed by atoms with Gasteiger partial charge in [0.25, 0.3) is 0 Å². The number of halogens is 1. The molecule has 1 aliphatic rings. The predicted molar refractivity (Wildman–Crippen MR) is 122 cm³/mol. The number of aliphatic imine (C=N–C) groups is 1. The maximum atomic E-state index is 5.88. The summed E-state index contributed by atoms with van der Waals surface area (Å²) >= 11 is 0. The fourth-order valence-electron chi connectivity index (χ4n) is 3.54. The Hall–Kier alpha value is -1.28. The fraction of sp³-hybridized carbons (Fsp3) is 0.571. The average molecular weight is 485 g/mol. The Labute approximate surface area is 179 Å². The van der Waals surface area contributed by atoms with Gasteiger partial charge in [0.1, 0.15) is 11.3 Å². The van der Waals surface area contributed by atoms with E-state index in [1.54, 1.807) is 7.11 Å². The molecule has 0 atom stereocenters. The summed E-state index contributed by atoms with van der Waals surface area (Å²) in [4.78, 5) is 4.84. The molecule has 0 bridgehead atoms. The fourth-order valence-corrected chi connectivity index (χ4v) is 3.54. The summed E-state index contributed by atoms with van der Waals surface area (Å²) in [5, 5.41) is 7.95.